The minimum absolute atomic E-state index is 0. The summed E-state index contributed by atoms with van der Waals surface area (Å²) in [4.78, 5) is 0. The SMILES string of the molecule is S=c1ssc2ccccc12.[Li].[Li].[Li].[Li].[Li].[Li]. The summed E-state index contributed by atoms with van der Waals surface area (Å²) in [5.74, 6) is 0. The molecular weight excluding hydrogens is 222 g/mol. The van der Waals surface area contributed by atoms with Gasteiger partial charge in [-0.05, 0) is 6.07 Å². The first-order chi connectivity index (χ1) is 4.88. The minimum atomic E-state index is 0. The van der Waals surface area contributed by atoms with Crippen LogP contribution in [0.15, 0.2) is 24.3 Å². The molecule has 9 heteroatoms. The Bertz CT molecular complexity index is 411. The molecular formula is C7H4Li6S3. The molecule has 0 aliphatic rings. The van der Waals surface area contributed by atoms with Crippen LogP contribution in [-0.4, -0.2) is 113 Å². The summed E-state index contributed by atoms with van der Waals surface area (Å²) >= 11 is 5.12. The largest absolute Gasteiger partial charge is 0.109 e. The molecule has 56 valence electrons. The zero-order valence-corrected chi connectivity index (χ0v) is 13.5. The van der Waals surface area contributed by atoms with Gasteiger partial charge >= 0.3 is 0 Å². The molecule has 0 nitrogen and oxygen atoms in total. The molecule has 0 amide bonds. The first-order valence-electron chi connectivity index (χ1n) is 2.86. The smallest absolute Gasteiger partial charge is 0.0785 e. The van der Waals surface area contributed by atoms with E-state index >= 15 is 0 Å². The van der Waals surface area contributed by atoms with Crippen LogP contribution in [0, 0.1) is 3.82 Å². The number of hydrogen-bond donors (Lipinski definition) is 0. The third kappa shape index (κ3) is 8.49. The van der Waals surface area contributed by atoms with Gasteiger partial charge in [0.1, 0.15) is 3.82 Å². The molecule has 0 aliphatic carbocycles. The van der Waals surface area contributed by atoms with Crippen LogP contribution in [0.5, 0.6) is 0 Å². The molecule has 2 rings (SSSR count). The Balaban J connectivity index is -0.0000000672. The monoisotopic (exact) mass is 226 g/mol. The normalized spacial score (nSPS) is 6.50. The van der Waals surface area contributed by atoms with Gasteiger partial charge in [0.25, 0.3) is 0 Å². The topological polar surface area (TPSA) is 0 Å². The molecule has 6 radical (unpaired) electrons. The summed E-state index contributed by atoms with van der Waals surface area (Å²) in [6.45, 7) is 0. The molecule has 0 saturated carbocycles. The zero-order chi connectivity index (χ0) is 6.97. The summed E-state index contributed by atoms with van der Waals surface area (Å²) in [6, 6.07) is 8.24. The Hall–Kier alpha value is 3.33. The number of hydrogen-bond acceptors (Lipinski definition) is 3. The Morgan fingerprint density at radius 2 is 1.25 bits per heavy atom. The molecule has 0 saturated heterocycles. The van der Waals surface area contributed by atoms with E-state index in [9.17, 15) is 0 Å². The van der Waals surface area contributed by atoms with E-state index in [1.165, 1.54) is 10.1 Å². The maximum Gasteiger partial charge on any atom is 0.109 e. The van der Waals surface area contributed by atoms with Crippen LogP contribution in [0.2, 0.25) is 0 Å². The maximum absolute atomic E-state index is 5.12. The Kier molecular flexibility index (Phi) is 32.4. The molecule has 1 aromatic heterocycles. The second-order valence-corrected chi connectivity index (χ2v) is 4.80. The minimum Gasteiger partial charge on any atom is -0.0785 e. The van der Waals surface area contributed by atoms with Crippen molar-refractivity contribution < 1.29 is 0 Å². The molecule has 1 aromatic carbocycles. The van der Waals surface area contributed by atoms with Crippen molar-refractivity contribution in [3.8, 4) is 0 Å². The Labute approximate surface area is 181 Å². The van der Waals surface area contributed by atoms with E-state index in [0.29, 0.717) is 0 Å². The molecule has 16 heavy (non-hydrogen) atoms. The molecule has 0 N–H and O–H groups in total. The summed E-state index contributed by atoms with van der Waals surface area (Å²) in [7, 11) is 3.43. The fraction of sp³-hybridized carbons (Fsp3) is 0. The first kappa shape index (κ1) is 31.6. The Morgan fingerprint density at radius 3 is 1.75 bits per heavy atom. The number of benzene rings is 1. The van der Waals surface area contributed by atoms with Crippen molar-refractivity contribution in [1.82, 2.24) is 0 Å². The van der Waals surface area contributed by atoms with Crippen LogP contribution in [0.3, 0.4) is 0 Å². The molecule has 2 aromatic rings. The van der Waals surface area contributed by atoms with Gasteiger partial charge in [-0.2, -0.15) is 0 Å². The summed E-state index contributed by atoms with van der Waals surface area (Å²) in [5.41, 5.74) is 0. The van der Waals surface area contributed by atoms with E-state index in [4.69, 9.17) is 12.2 Å². The zero-order valence-electron chi connectivity index (χ0n) is 11.0. The predicted octanol–water partition coefficient (Wildman–Crippen LogP) is 1.41. The van der Waals surface area contributed by atoms with E-state index in [-0.39, 0.29) is 113 Å². The van der Waals surface area contributed by atoms with Gasteiger partial charge in [0.2, 0.25) is 0 Å². The van der Waals surface area contributed by atoms with Crippen molar-refractivity contribution in [1.29, 1.82) is 0 Å². The third-order valence-electron chi connectivity index (χ3n) is 1.31. The van der Waals surface area contributed by atoms with Gasteiger partial charge in [-0.25, -0.2) is 0 Å². The van der Waals surface area contributed by atoms with Crippen LogP contribution in [-0.2, 0) is 0 Å². The van der Waals surface area contributed by atoms with Gasteiger partial charge in [-0.15, -0.1) is 0 Å². The van der Waals surface area contributed by atoms with Crippen molar-refractivity contribution in [2.24, 2.45) is 0 Å². The summed E-state index contributed by atoms with van der Waals surface area (Å²) in [6.07, 6.45) is 0. The number of rotatable bonds is 0. The molecule has 0 bridgehead atoms. The van der Waals surface area contributed by atoms with E-state index in [1.807, 2.05) is 12.1 Å². The van der Waals surface area contributed by atoms with E-state index in [2.05, 4.69) is 12.1 Å². The van der Waals surface area contributed by atoms with Crippen molar-refractivity contribution in [2.45, 2.75) is 0 Å². The molecule has 0 aliphatic heterocycles. The average molecular weight is 226 g/mol. The molecule has 0 atom stereocenters. The maximum atomic E-state index is 5.12. The van der Waals surface area contributed by atoms with Gasteiger partial charge < -0.3 is 0 Å². The van der Waals surface area contributed by atoms with Crippen LogP contribution in [0.1, 0.15) is 0 Å². The quantitative estimate of drug-likeness (QED) is 0.371. The standard InChI is InChI=1S/C7H4S3.6Li/c8-7-5-3-1-2-4-6(5)9-10-7;;;;;;/h1-4H;;;;;;. The van der Waals surface area contributed by atoms with Gasteiger partial charge in [0.15, 0.2) is 0 Å². The summed E-state index contributed by atoms with van der Waals surface area (Å²) < 4.78 is 2.32. The predicted molar refractivity (Wildman–Crippen MR) is 85.1 cm³/mol. The molecule has 0 unspecified atom stereocenters. The van der Waals surface area contributed by atoms with Crippen molar-refractivity contribution in [2.75, 3.05) is 0 Å². The van der Waals surface area contributed by atoms with E-state index in [1.54, 1.807) is 20.7 Å². The Morgan fingerprint density at radius 1 is 0.750 bits per heavy atom. The molecule has 0 spiro atoms. The van der Waals surface area contributed by atoms with Gasteiger partial charge in [0.05, 0.1) is 0 Å². The van der Waals surface area contributed by atoms with Crippen molar-refractivity contribution in [3.05, 3.63) is 28.1 Å². The van der Waals surface area contributed by atoms with Crippen molar-refractivity contribution in [3.63, 3.8) is 0 Å². The second kappa shape index (κ2) is 16.4. The third-order valence-corrected chi connectivity index (χ3v) is 4.38. The van der Waals surface area contributed by atoms with E-state index < -0.39 is 0 Å². The van der Waals surface area contributed by atoms with Gasteiger partial charge in [0, 0.05) is 123 Å². The van der Waals surface area contributed by atoms with Crippen LogP contribution in [0.4, 0.5) is 0 Å². The van der Waals surface area contributed by atoms with Crippen LogP contribution in [0.25, 0.3) is 10.1 Å². The molecule has 1 heterocycles. The first-order valence-corrected chi connectivity index (χ1v) is 5.41. The average Bonchev–Trinajstić information content (AvgIpc) is 2.34. The number of fused-ring (bicyclic) bond motifs is 1. The second-order valence-electron chi connectivity index (χ2n) is 1.95. The van der Waals surface area contributed by atoms with Crippen molar-refractivity contribution >= 4 is 156 Å². The fourth-order valence-corrected chi connectivity index (χ4v) is 3.48. The summed E-state index contributed by atoms with van der Waals surface area (Å²) in [5, 5.41) is 1.23. The van der Waals surface area contributed by atoms with Gasteiger partial charge in [-0.1, -0.05) is 51.1 Å². The van der Waals surface area contributed by atoms with Crippen LogP contribution >= 0.6 is 32.9 Å². The fourth-order valence-electron chi connectivity index (χ4n) is 0.836. The molecule has 0 fully saturated rings. The van der Waals surface area contributed by atoms with Gasteiger partial charge in [-0.3, -0.25) is 0 Å². The van der Waals surface area contributed by atoms with Crippen LogP contribution < -0.4 is 0 Å². The van der Waals surface area contributed by atoms with E-state index in [0.717, 1.165) is 3.82 Å².